The molecule has 12 nitrogen and oxygen atoms in total. The zero-order chi connectivity index (χ0) is 36.9. The van der Waals surface area contributed by atoms with E-state index in [4.69, 9.17) is 9.47 Å². The summed E-state index contributed by atoms with van der Waals surface area (Å²) in [6, 6.07) is 6.41. The topological polar surface area (TPSA) is 157 Å². The van der Waals surface area contributed by atoms with E-state index in [1.807, 2.05) is 12.2 Å². The van der Waals surface area contributed by atoms with Gasteiger partial charge >= 0.3 is 0 Å². The Kier molecular flexibility index (Phi) is 9.42. The molecule has 1 aliphatic heterocycles. The molecule has 0 bridgehead atoms. The van der Waals surface area contributed by atoms with Crippen LogP contribution < -0.4 is 19.5 Å². The average molecular weight is 738 g/mol. The van der Waals surface area contributed by atoms with Gasteiger partial charge in [0.25, 0.3) is 5.91 Å². The molecule has 2 aromatic carbocycles. The first-order valence-electron chi connectivity index (χ1n) is 17.6. The maximum atomic E-state index is 14.3. The molecule has 7 rings (SSSR count). The summed E-state index contributed by atoms with van der Waals surface area (Å²) >= 11 is 0. The smallest absolute Gasteiger partial charge is 0.259 e. The summed E-state index contributed by atoms with van der Waals surface area (Å²) in [5.74, 6) is -4.68. The summed E-state index contributed by atoms with van der Waals surface area (Å²) in [4.78, 5) is 52.6. The molecule has 3 aromatic rings. The zero-order valence-electron chi connectivity index (χ0n) is 29.2. The van der Waals surface area contributed by atoms with Crippen molar-refractivity contribution in [3.63, 3.8) is 0 Å². The third-order valence-corrected chi connectivity index (χ3v) is 12.5. The maximum absolute atomic E-state index is 14.3. The second-order valence-electron chi connectivity index (χ2n) is 14.4. The first-order chi connectivity index (χ1) is 24.8. The number of methoxy groups -OCH3 is 1. The number of nitrogens with zero attached hydrogens (tertiary/aromatic N) is 3. The Morgan fingerprint density at radius 3 is 2.50 bits per heavy atom. The Labute approximate surface area is 300 Å². The van der Waals surface area contributed by atoms with E-state index in [0.29, 0.717) is 48.0 Å². The van der Waals surface area contributed by atoms with E-state index < -0.39 is 68.1 Å². The summed E-state index contributed by atoms with van der Waals surface area (Å²) in [7, 11) is -0.667. The van der Waals surface area contributed by atoms with Gasteiger partial charge in [0.05, 0.1) is 35.1 Å². The highest BCUT2D eigenvalue weighted by molar-refractivity contribution is 7.91. The minimum atomic E-state index is -3.87. The summed E-state index contributed by atoms with van der Waals surface area (Å²) < 4.78 is 68.3. The lowest BCUT2D eigenvalue weighted by Crippen LogP contribution is -2.54. The number of halogens is 2. The zero-order valence-corrected chi connectivity index (χ0v) is 30.0. The molecule has 52 heavy (non-hydrogen) atoms. The highest BCUT2D eigenvalue weighted by atomic mass is 32.2. The molecule has 3 aliphatic carbocycles. The third-order valence-electron chi connectivity index (χ3n) is 10.7. The van der Waals surface area contributed by atoms with Crippen molar-refractivity contribution in [1.82, 2.24) is 24.9 Å². The predicted molar refractivity (Wildman–Crippen MR) is 187 cm³/mol. The van der Waals surface area contributed by atoms with Gasteiger partial charge in [-0.15, -0.1) is 0 Å². The van der Waals surface area contributed by atoms with E-state index in [9.17, 15) is 31.6 Å². The molecule has 2 N–H and O–H groups in total. The minimum absolute atomic E-state index is 0.00404. The summed E-state index contributed by atoms with van der Waals surface area (Å²) in [5.41, 5.74) is -0.313. The largest absolute Gasteiger partial charge is 0.496 e. The van der Waals surface area contributed by atoms with Crippen molar-refractivity contribution in [1.29, 1.82) is 0 Å². The van der Waals surface area contributed by atoms with Crippen LogP contribution in [0.25, 0.3) is 22.3 Å². The Balaban J connectivity index is 1.22. The van der Waals surface area contributed by atoms with Gasteiger partial charge in [0.15, 0.2) is 5.82 Å². The number of ether oxygens (including phenoxy) is 2. The van der Waals surface area contributed by atoms with Gasteiger partial charge < -0.3 is 19.7 Å². The van der Waals surface area contributed by atoms with E-state index in [-0.39, 0.29) is 42.4 Å². The van der Waals surface area contributed by atoms with E-state index in [1.165, 1.54) is 7.11 Å². The van der Waals surface area contributed by atoms with Crippen molar-refractivity contribution < 1.29 is 41.1 Å². The minimum Gasteiger partial charge on any atom is -0.496 e. The number of hydrogen-bond donors (Lipinski definition) is 2. The number of hydrogen-bond acceptors (Lipinski definition) is 9. The number of sulfonamides is 1. The Bertz CT molecular complexity index is 2070. The van der Waals surface area contributed by atoms with Crippen molar-refractivity contribution in [2.75, 3.05) is 20.7 Å². The lowest BCUT2D eigenvalue weighted by Gasteiger charge is -2.26. The average Bonchev–Trinajstić information content (AvgIpc) is 4.02. The van der Waals surface area contributed by atoms with Gasteiger partial charge in [-0.1, -0.05) is 12.2 Å². The number of nitrogens with one attached hydrogen (secondary N) is 2. The number of allylic oxidation sites excluding steroid dienone is 1. The quantitative estimate of drug-likeness (QED) is 0.337. The SMILES string of the molecule is COc1ccc2c(O[C@@H]3C[C@H]4C(=O)N[C@]5(C(=O)NS(=O)(=O)C6CC6)C[C@@H]5/C=C\CCCCN(C)C(=O)[C@@H]4C3)nc(-c3cc(F)cc(F)c3)nc2c1C. The maximum Gasteiger partial charge on any atom is 0.259 e. The summed E-state index contributed by atoms with van der Waals surface area (Å²) in [6.07, 6.45) is 6.72. The van der Waals surface area contributed by atoms with Crippen molar-refractivity contribution in [3.05, 3.63) is 59.7 Å². The Morgan fingerprint density at radius 1 is 1.06 bits per heavy atom. The van der Waals surface area contributed by atoms with Crippen LogP contribution >= 0.6 is 0 Å². The normalized spacial score (nSPS) is 27.2. The lowest BCUT2D eigenvalue weighted by atomic mass is 9.93. The fourth-order valence-electron chi connectivity index (χ4n) is 7.46. The molecule has 4 aliphatic rings. The molecule has 0 radical (unpaired) electrons. The molecule has 2 heterocycles. The van der Waals surface area contributed by atoms with Crippen LogP contribution in [-0.2, 0) is 24.4 Å². The lowest BCUT2D eigenvalue weighted by molar-refractivity contribution is -0.140. The molecule has 3 amide bonds. The number of fused-ring (bicyclic) bond motifs is 3. The molecule has 3 fully saturated rings. The van der Waals surface area contributed by atoms with Crippen LogP contribution in [0.1, 0.15) is 56.9 Å². The molecule has 3 saturated carbocycles. The van der Waals surface area contributed by atoms with Gasteiger partial charge in [-0.3, -0.25) is 19.1 Å². The number of aromatic nitrogens is 2. The fourth-order valence-corrected chi connectivity index (χ4v) is 8.82. The van der Waals surface area contributed by atoms with E-state index in [1.54, 1.807) is 31.0 Å². The van der Waals surface area contributed by atoms with Gasteiger partial charge in [0.2, 0.25) is 27.7 Å². The Morgan fingerprint density at radius 2 is 1.79 bits per heavy atom. The summed E-state index contributed by atoms with van der Waals surface area (Å²) in [6.45, 7) is 2.27. The van der Waals surface area contributed by atoms with Crippen LogP contribution in [0.4, 0.5) is 8.78 Å². The van der Waals surface area contributed by atoms with E-state index in [0.717, 1.165) is 31.0 Å². The second-order valence-corrected chi connectivity index (χ2v) is 16.3. The molecule has 1 aromatic heterocycles. The van der Waals surface area contributed by atoms with Gasteiger partial charge in [-0.05, 0) is 82.6 Å². The van der Waals surface area contributed by atoms with E-state index in [2.05, 4.69) is 20.0 Å². The molecular formula is C37H41F2N5O7S. The van der Waals surface area contributed by atoms with Crippen LogP contribution in [0, 0.1) is 36.3 Å². The molecule has 276 valence electrons. The molecular weight excluding hydrogens is 696 g/mol. The molecule has 0 saturated heterocycles. The van der Waals surface area contributed by atoms with Gasteiger partial charge in [-0.2, -0.15) is 4.98 Å². The predicted octanol–water partition coefficient (Wildman–Crippen LogP) is 4.35. The highest BCUT2D eigenvalue weighted by Gasteiger charge is 2.62. The van der Waals surface area contributed by atoms with Crippen LogP contribution in [0.15, 0.2) is 42.5 Å². The van der Waals surface area contributed by atoms with Gasteiger partial charge in [0.1, 0.15) is 29.0 Å². The highest BCUT2D eigenvalue weighted by Crippen LogP contribution is 2.47. The second kappa shape index (κ2) is 13.7. The van der Waals surface area contributed by atoms with Gasteiger partial charge in [0, 0.05) is 36.7 Å². The Hall–Kier alpha value is -4.66. The van der Waals surface area contributed by atoms with Crippen LogP contribution in [0.3, 0.4) is 0 Å². The number of benzene rings is 2. The first kappa shape index (κ1) is 35.7. The van der Waals surface area contributed by atoms with Crippen molar-refractivity contribution >= 4 is 38.6 Å². The standard InChI is InChI=1S/C37H41F2N5O7S/c1-20-30(50-3)12-11-27-31(20)40-32(21-14-23(38)16-24(39)15-21)41-34(27)51-25-17-28-29(18-25)35(46)44(2)13-7-5-4-6-8-22-19-37(22,42-33(28)45)36(47)43-52(48,49)26-9-10-26/h6,8,11-12,14-16,22,25-26,28-29H,4-5,7,9-10,13,17-19H2,1-3H3,(H,42,45)(H,43,47)/b8-6-/t22-,25+,28+,29+,37+/m0/s1. The third kappa shape index (κ3) is 6.94. The van der Waals surface area contributed by atoms with Gasteiger partial charge in [-0.25, -0.2) is 22.2 Å². The number of rotatable bonds is 7. The number of carbonyl (C=O) groups excluding carboxylic acids is 3. The van der Waals surface area contributed by atoms with Crippen molar-refractivity contribution in [3.8, 4) is 23.0 Å². The molecule has 5 atom stereocenters. The molecule has 0 spiro atoms. The number of aryl methyl sites for hydroxylation is 1. The van der Waals surface area contributed by atoms with E-state index >= 15 is 0 Å². The van der Waals surface area contributed by atoms with Crippen LogP contribution in [-0.4, -0.2) is 78.6 Å². The van der Waals surface area contributed by atoms with Crippen LogP contribution in [0.5, 0.6) is 11.6 Å². The van der Waals surface area contributed by atoms with Crippen LogP contribution in [0.2, 0.25) is 0 Å². The summed E-state index contributed by atoms with van der Waals surface area (Å²) in [5, 5.41) is 2.75. The fraction of sp³-hybridized carbons (Fsp3) is 0.486. The molecule has 15 heteroatoms. The first-order valence-corrected chi connectivity index (χ1v) is 19.1. The van der Waals surface area contributed by atoms with Crippen molar-refractivity contribution in [2.45, 2.75) is 75.2 Å². The van der Waals surface area contributed by atoms with Crippen molar-refractivity contribution in [2.24, 2.45) is 17.8 Å². The molecule has 0 unspecified atom stereocenters. The monoisotopic (exact) mass is 737 g/mol. The number of amides is 3. The number of carbonyl (C=O) groups is 3.